The van der Waals surface area contributed by atoms with Crippen LogP contribution in [0, 0.1) is 0 Å². The van der Waals surface area contributed by atoms with E-state index in [0.717, 1.165) is 25.8 Å². The first-order valence-electron chi connectivity index (χ1n) is 5.72. The van der Waals surface area contributed by atoms with E-state index >= 15 is 0 Å². The van der Waals surface area contributed by atoms with Crippen LogP contribution in [0.4, 0.5) is 0 Å². The van der Waals surface area contributed by atoms with E-state index in [1.54, 1.807) is 0 Å². The van der Waals surface area contributed by atoms with Crippen LogP contribution in [0.2, 0.25) is 0 Å². The molecule has 0 aliphatic carbocycles. The molecule has 1 aliphatic heterocycles. The van der Waals surface area contributed by atoms with Gasteiger partial charge in [0, 0.05) is 6.04 Å². The SMILES string of the molecule is CCCCCOC(=O)CC1CCCN1. The number of ether oxygens (including phenoxy) is 1. The van der Waals surface area contributed by atoms with E-state index in [-0.39, 0.29) is 5.97 Å². The summed E-state index contributed by atoms with van der Waals surface area (Å²) in [6, 6.07) is 0.369. The van der Waals surface area contributed by atoms with Gasteiger partial charge < -0.3 is 10.1 Å². The maximum absolute atomic E-state index is 11.3. The molecule has 1 saturated heterocycles. The highest BCUT2D eigenvalue weighted by Gasteiger charge is 2.17. The molecular formula is C11H21NO2. The Hall–Kier alpha value is -0.570. The molecule has 1 atom stereocenters. The number of hydrogen-bond acceptors (Lipinski definition) is 3. The minimum absolute atomic E-state index is 0.0412. The molecule has 3 nitrogen and oxygen atoms in total. The van der Waals surface area contributed by atoms with Crippen molar-refractivity contribution in [1.82, 2.24) is 5.32 Å². The van der Waals surface area contributed by atoms with Gasteiger partial charge in [-0.2, -0.15) is 0 Å². The number of rotatable bonds is 6. The molecule has 1 rings (SSSR count). The largest absolute Gasteiger partial charge is 0.466 e. The van der Waals surface area contributed by atoms with E-state index in [9.17, 15) is 4.79 Å². The summed E-state index contributed by atoms with van der Waals surface area (Å²) in [6.07, 6.45) is 6.17. The molecule has 0 aromatic rings. The zero-order chi connectivity index (χ0) is 10.2. The Labute approximate surface area is 86.2 Å². The summed E-state index contributed by atoms with van der Waals surface area (Å²) in [5.74, 6) is -0.0412. The van der Waals surface area contributed by atoms with Gasteiger partial charge in [0.15, 0.2) is 0 Å². The van der Waals surface area contributed by atoms with Crippen LogP contribution in [-0.2, 0) is 9.53 Å². The summed E-state index contributed by atoms with van der Waals surface area (Å²) in [7, 11) is 0. The normalized spacial score (nSPS) is 21.1. The lowest BCUT2D eigenvalue weighted by molar-refractivity contribution is -0.144. The average Bonchev–Trinajstić information content (AvgIpc) is 2.65. The van der Waals surface area contributed by atoms with Crippen molar-refractivity contribution >= 4 is 5.97 Å². The first-order valence-corrected chi connectivity index (χ1v) is 5.72. The van der Waals surface area contributed by atoms with Crippen molar-refractivity contribution in [1.29, 1.82) is 0 Å². The molecule has 0 radical (unpaired) electrons. The van der Waals surface area contributed by atoms with Gasteiger partial charge in [-0.25, -0.2) is 0 Å². The maximum Gasteiger partial charge on any atom is 0.307 e. The molecule has 0 spiro atoms. The second-order valence-corrected chi connectivity index (χ2v) is 3.92. The molecule has 3 heteroatoms. The Morgan fingerprint density at radius 2 is 2.36 bits per heavy atom. The minimum atomic E-state index is -0.0412. The minimum Gasteiger partial charge on any atom is -0.466 e. The Balaban J connectivity index is 1.98. The van der Waals surface area contributed by atoms with Gasteiger partial charge in [0.1, 0.15) is 0 Å². The Bertz CT molecular complexity index is 165. The highest BCUT2D eigenvalue weighted by molar-refractivity contribution is 5.70. The van der Waals surface area contributed by atoms with Gasteiger partial charge in [0.2, 0.25) is 0 Å². The van der Waals surface area contributed by atoms with E-state index in [2.05, 4.69) is 12.2 Å². The third kappa shape index (κ3) is 4.61. The first-order chi connectivity index (χ1) is 6.83. The molecule has 1 unspecified atom stereocenters. The van der Waals surface area contributed by atoms with Crippen LogP contribution in [0.3, 0.4) is 0 Å². The molecule has 0 saturated carbocycles. The van der Waals surface area contributed by atoms with Crippen LogP contribution < -0.4 is 5.32 Å². The van der Waals surface area contributed by atoms with E-state index in [0.29, 0.717) is 19.1 Å². The van der Waals surface area contributed by atoms with Gasteiger partial charge in [-0.1, -0.05) is 19.8 Å². The molecule has 0 amide bonds. The van der Waals surface area contributed by atoms with Crippen LogP contribution in [0.15, 0.2) is 0 Å². The van der Waals surface area contributed by atoms with Gasteiger partial charge >= 0.3 is 5.97 Å². The zero-order valence-electron chi connectivity index (χ0n) is 9.05. The summed E-state index contributed by atoms with van der Waals surface area (Å²) in [6.45, 7) is 3.79. The third-order valence-corrected chi connectivity index (χ3v) is 2.59. The molecule has 0 aromatic carbocycles. The lowest BCUT2D eigenvalue weighted by atomic mass is 10.2. The zero-order valence-corrected chi connectivity index (χ0v) is 9.05. The lowest BCUT2D eigenvalue weighted by Crippen LogP contribution is -2.25. The molecule has 1 fully saturated rings. The third-order valence-electron chi connectivity index (χ3n) is 2.59. The summed E-state index contributed by atoms with van der Waals surface area (Å²) in [4.78, 5) is 11.3. The average molecular weight is 199 g/mol. The number of esters is 1. The monoisotopic (exact) mass is 199 g/mol. The van der Waals surface area contributed by atoms with Crippen LogP contribution in [-0.4, -0.2) is 25.2 Å². The fourth-order valence-electron chi connectivity index (χ4n) is 1.73. The number of unbranched alkanes of at least 4 members (excludes halogenated alkanes) is 2. The molecule has 1 heterocycles. The van der Waals surface area contributed by atoms with Crippen LogP contribution in [0.25, 0.3) is 0 Å². The van der Waals surface area contributed by atoms with Crippen molar-refractivity contribution in [2.24, 2.45) is 0 Å². The summed E-state index contributed by atoms with van der Waals surface area (Å²) < 4.78 is 5.13. The fourth-order valence-corrected chi connectivity index (χ4v) is 1.73. The summed E-state index contributed by atoms with van der Waals surface area (Å²) in [5, 5.41) is 3.29. The first kappa shape index (κ1) is 11.5. The molecule has 82 valence electrons. The predicted molar refractivity (Wildman–Crippen MR) is 56.1 cm³/mol. The standard InChI is InChI=1S/C11H21NO2/c1-2-3-4-8-14-11(13)9-10-6-5-7-12-10/h10,12H,2-9H2,1H3. The smallest absolute Gasteiger partial charge is 0.307 e. The van der Waals surface area contributed by atoms with Crippen molar-refractivity contribution in [3.05, 3.63) is 0 Å². The fraction of sp³-hybridized carbons (Fsp3) is 0.909. The van der Waals surface area contributed by atoms with Gasteiger partial charge in [-0.15, -0.1) is 0 Å². The van der Waals surface area contributed by atoms with Gasteiger partial charge in [-0.3, -0.25) is 4.79 Å². The predicted octanol–water partition coefficient (Wildman–Crippen LogP) is 1.86. The van der Waals surface area contributed by atoms with Crippen molar-refractivity contribution in [2.45, 2.75) is 51.5 Å². The molecule has 1 aliphatic rings. The molecule has 1 N–H and O–H groups in total. The van der Waals surface area contributed by atoms with Gasteiger partial charge in [0.05, 0.1) is 13.0 Å². The quantitative estimate of drug-likeness (QED) is 0.524. The number of nitrogens with one attached hydrogen (secondary N) is 1. The Morgan fingerprint density at radius 1 is 1.50 bits per heavy atom. The number of hydrogen-bond donors (Lipinski definition) is 1. The molecule has 14 heavy (non-hydrogen) atoms. The number of carbonyl (C=O) groups excluding carboxylic acids is 1. The van der Waals surface area contributed by atoms with Gasteiger partial charge in [-0.05, 0) is 25.8 Å². The maximum atomic E-state index is 11.3. The van der Waals surface area contributed by atoms with E-state index < -0.39 is 0 Å². The Morgan fingerprint density at radius 3 is 3.00 bits per heavy atom. The second-order valence-electron chi connectivity index (χ2n) is 3.92. The van der Waals surface area contributed by atoms with Crippen molar-refractivity contribution < 1.29 is 9.53 Å². The Kier molecular flexibility index (Phi) is 5.60. The lowest BCUT2D eigenvalue weighted by Gasteiger charge is -2.09. The van der Waals surface area contributed by atoms with E-state index in [4.69, 9.17) is 4.74 Å². The van der Waals surface area contributed by atoms with Crippen LogP contribution in [0.5, 0.6) is 0 Å². The summed E-state index contributed by atoms with van der Waals surface area (Å²) >= 11 is 0. The van der Waals surface area contributed by atoms with Crippen LogP contribution >= 0.6 is 0 Å². The summed E-state index contributed by atoms with van der Waals surface area (Å²) in [5.41, 5.74) is 0. The molecule has 0 bridgehead atoms. The van der Waals surface area contributed by atoms with E-state index in [1.807, 2.05) is 0 Å². The van der Waals surface area contributed by atoms with Crippen molar-refractivity contribution in [2.75, 3.05) is 13.2 Å². The second kappa shape index (κ2) is 6.82. The van der Waals surface area contributed by atoms with Crippen molar-refractivity contribution in [3.8, 4) is 0 Å². The highest BCUT2D eigenvalue weighted by atomic mass is 16.5. The van der Waals surface area contributed by atoms with E-state index in [1.165, 1.54) is 12.8 Å². The van der Waals surface area contributed by atoms with Crippen LogP contribution in [0.1, 0.15) is 45.4 Å². The topological polar surface area (TPSA) is 38.3 Å². The highest BCUT2D eigenvalue weighted by Crippen LogP contribution is 2.09. The number of carbonyl (C=O) groups is 1. The van der Waals surface area contributed by atoms with Crippen molar-refractivity contribution in [3.63, 3.8) is 0 Å². The molecule has 0 aromatic heterocycles. The van der Waals surface area contributed by atoms with Gasteiger partial charge in [0.25, 0.3) is 0 Å². The molecular weight excluding hydrogens is 178 g/mol.